The van der Waals surface area contributed by atoms with E-state index in [-0.39, 0.29) is 5.57 Å². The molecule has 0 fully saturated rings. The smallest absolute Gasteiger partial charge is 0.331 e. The average Bonchev–Trinajstić information content (AvgIpc) is 2.24. The van der Waals surface area contributed by atoms with E-state index in [9.17, 15) is 14.7 Å². The Morgan fingerprint density at radius 1 is 1.60 bits per heavy atom. The molecule has 6 heteroatoms. The molecule has 1 atom stereocenters. The Hall–Kier alpha value is -1.95. The molecule has 15 heavy (non-hydrogen) atoms. The molecule has 1 unspecified atom stereocenters. The fraction of sp³-hybridized carbons (Fsp3) is 0.222. The van der Waals surface area contributed by atoms with E-state index in [1.165, 1.54) is 11.1 Å². The molecular formula is C9H9N3O3. The highest BCUT2D eigenvalue weighted by Crippen LogP contribution is 2.18. The van der Waals surface area contributed by atoms with Crippen molar-refractivity contribution in [3.8, 4) is 0 Å². The summed E-state index contributed by atoms with van der Waals surface area (Å²) in [5.74, 6) is 0.330. The van der Waals surface area contributed by atoms with Gasteiger partial charge in [0.15, 0.2) is 12.5 Å². The summed E-state index contributed by atoms with van der Waals surface area (Å²) < 4.78 is 0. The van der Waals surface area contributed by atoms with Crippen LogP contribution in [0.2, 0.25) is 0 Å². The number of hydrogen-bond acceptors (Lipinski definition) is 4. The minimum Gasteiger partial charge on any atom is -0.369 e. The number of rotatable bonds is 1. The molecule has 6 nitrogen and oxygen atoms in total. The predicted octanol–water partition coefficient (Wildman–Crippen LogP) is -0.319. The van der Waals surface area contributed by atoms with Gasteiger partial charge in [-0.15, -0.1) is 0 Å². The van der Waals surface area contributed by atoms with Gasteiger partial charge in [0.25, 0.3) is 0 Å². The van der Waals surface area contributed by atoms with Crippen LogP contribution in [0.3, 0.4) is 0 Å². The van der Waals surface area contributed by atoms with E-state index in [0.29, 0.717) is 12.1 Å². The summed E-state index contributed by atoms with van der Waals surface area (Å²) in [6.07, 6.45) is 3.62. The number of fused-ring (bicyclic) bond motifs is 1. The van der Waals surface area contributed by atoms with Crippen LogP contribution in [0.1, 0.15) is 0 Å². The van der Waals surface area contributed by atoms with Crippen molar-refractivity contribution in [3.05, 3.63) is 24.0 Å². The average molecular weight is 207 g/mol. The minimum absolute atomic E-state index is 0.0656. The fourth-order valence-electron chi connectivity index (χ4n) is 1.37. The number of aliphatic hydroxyl groups is 1. The summed E-state index contributed by atoms with van der Waals surface area (Å²) in [5, 5.41) is 9.72. The molecule has 2 heterocycles. The molecule has 0 aliphatic carbocycles. The second-order valence-electron chi connectivity index (χ2n) is 3.19. The number of urea groups is 1. The molecule has 1 N–H and O–H groups in total. The van der Waals surface area contributed by atoms with Crippen LogP contribution in [0.4, 0.5) is 4.79 Å². The lowest BCUT2D eigenvalue weighted by Gasteiger charge is -2.34. The van der Waals surface area contributed by atoms with Crippen LogP contribution >= 0.6 is 0 Å². The zero-order valence-electron chi connectivity index (χ0n) is 7.99. The van der Waals surface area contributed by atoms with Crippen molar-refractivity contribution in [2.24, 2.45) is 4.99 Å². The van der Waals surface area contributed by atoms with E-state index >= 15 is 0 Å². The second-order valence-corrected chi connectivity index (χ2v) is 3.19. The maximum atomic E-state index is 11.6. The molecule has 2 amide bonds. The number of carbonyl (C=O) groups excluding carboxylic acids is 2. The third-order valence-corrected chi connectivity index (χ3v) is 2.23. The number of nitrogens with zero attached hydrogens (tertiary/aromatic N) is 3. The Morgan fingerprint density at radius 2 is 2.33 bits per heavy atom. The van der Waals surface area contributed by atoms with Crippen LogP contribution < -0.4 is 0 Å². The van der Waals surface area contributed by atoms with Gasteiger partial charge in [0.05, 0.1) is 5.57 Å². The Labute approximate surface area is 85.8 Å². The minimum atomic E-state index is -1.25. The van der Waals surface area contributed by atoms with E-state index in [1.54, 1.807) is 19.3 Å². The highest BCUT2D eigenvalue weighted by Gasteiger charge is 2.34. The standard InChI is InChI=1S/C9H9N3O3/c1-11-3-2-7-10-4-6(5-13)8(14)12(7)9(11)15/h2-5,8,14H,1H3. The third-order valence-electron chi connectivity index (χ3n) is 2.23. The third kappa shape index (κ3) is 1.35. The monoisotopic (exact) mass is 207 g/mol. The van der Waals surface area contributed by atoms with Crippen LogP contribution in [-0.2, 0) is 4.79 Å². The summed E-state index contributed by atoms with van der Waals surface area (Å²) in [6, 6.07) is -0.420. The summed E-state index contributed by atoms with van der Waals surface area (Å²) in [5.41, 5.74) is 0.0656. The molecule has 2 aliphatic rings. The maximum absolute atomic E-state index is 11.6. The van der Waals surface area contributed by atoms with E-state index in [2.05, 4.69) is 4.99 Å². The van der Waals surface area contributed by atoms with Gasteiger partial charge in [-0.05, 0) is 6.08 Å². The van der Waals surface area contributed by atoms with Crippen molar-refractivity contribution in [3.63, 3.8) is 0 Å². The number of aliphatic imine (C=N–C) groups is 1. The van der Waals surface area contributed by atoms with Crippen molar-refractivity contribution in [1.29, 1.82) is 0 Å². The number of amidine groups is 1. The van der Waals surface area contributed by atoms with Crippen LogP contribution in [-0.4, -0.2) is 46.3 Å². The van der Waals surface area contributed by atoms with Gasteiger partial charge in [-0.1, -0.05) is 0 Å². The van der Waals surface area contributed by atoms with Gasteiger partial charge in [-0.3, -0.25) is 4.79 Å². The van der Waals surface area contributed by atoms with Crippen molar-refractivity contribution < 1.29 is 14.7 Å². The summed E-state index contributed by atoms with van der Waals surface area (Å²) >= 11 is 0. The largest absolute Gasteiger partial charge is 0.369 e. The van der Waals surface area contributed by atoms with Gasteiger partial charge in [0, 0.05) is 19.4 Å². The van der Waals surface area contributed by atoms with E-state index < -0.39 is 12.3 Å². The van der Waals surface area contributed by atoms with Crippen LogP contribution in [0.15, 0.2) is 29.0 Å². The Morgan fingerprint density at radius 3 is 3.00 bits per heavy atom. The fourth-order valence-corrected chi connectivity index (χ4v) is 1.37. The van der Waals surface area contributed by atoms with Crippen molar-refractivity contribution in [2.75, 3.05) is 7.05 Å². The van der Waals surface area contributed by atoms with Crippen LogP contribution in [0, 0.1) is 0 Å². The first kappa shape index (κ1) is 9.60. The molecule has 0 aromatic rings. The first-order valence-corrected chi connectivity index (χ1v) is 4.30. The molecule has 0 aromatic heterocycles. The SMILES string of the molecule is CN1C=CC2=NC=C(C=O)C(O)N2C1=O. The van der Waals surface area contributed by atoms with Gasteiger partial charge in [-0.25, -0.2) is 14.7 Å². The summed E-state index contributed by atoms with van der Waals surface area (Å²) in [6.45, 7) is 0. The zero-order valence-corrected chi connectivity index (χ0v) is 7.99. The maximum Gasteiger partial charge on any atom is 0.331 e. The molecule has 0 bridgehead atoms. The second kappa shape index (κ2) is 3.32. The Kier molecular flexibility index (Phi) is 2.12. The molecule has 2 aliphatic heterocycles. The molecule has 0 saturated heterocycles. The molecule has 0 saturated carbocycles. The van der Waals surface area contributed by atoms with E-state index in [1.807, 2.05) is 0 Å². The summed E-state index contributed by atoms with van der Waals surface area (Å²) in [4.78, 5) is 28.5. The van der Waals surface area contributed by atoms with Gasteiger partial charge in [-0.2, -0.15) is 0 Å². The van der Waals surface area contributed by atoms with Gasteiger partial charge in [0.1, 0.15) is 5.84 Å². The molecule has 78 valence electrons. The lowest BCUT2D eigenvalue weighted by molar-refractivity contribution is -0.106. The Balaban J connectivity index is 2.44. The lowest BCUT2D eigenvalue weighted by Crippen LogP contribution is -2.52. The highest BCUT2D eigenvalue weighted by molar-refractivity contribution is 6.08. The number of aliphatic hydroxyl groups excluding tert-OH is 1. The van der Waals surface area contributed by atoms with E-state index in [4.69, 9.17) is 0 Å². The first-order chi connectivity index (χ1) is 7.15. The highest BCUT2D eigenvalue weighted by atomic mass is 16.3. The van der Waals surface area contributed by atoms with Crippen LogP contribution in [0.25, 0.3) is 0 Å². The van der Waals surface area contributed by atoms with Crippen molar-refractivity contribution >= 4 is 18.2 Å². The number of hydrogen-bond donors (Lipinski definition) is 1. The molecule has 0 radical (unpaired) electrons. The van der Waals surface area contributed by atoms with Crippen molar-refractivity contribution in [2.45, 2.75) is 6.23 Å². The molecular weight excluding hydrogens is 198 g/mol. The number of carbonyl (C=O) groups is 2. The topological polar surface area (TPSA) is 73.2 Å². The normalized spacial score (nSPS) is 24.7. The quantitative estimate of drug-likeness (QED) is 0.599. The van der Waals surface area contributed by atoms with Crippen molar-refractivity contribution in [1.82, 2.24) is 9.80 Å². The van der Waals surface area contributed by atoms with Gasteiger partial charge in [0.2, 0.25) is 0 Å². The summed E-state index contributed by atoms with van der Waals surface area (Å²) in [7, 11) is 1.56. The molecule has 0 aromatic carbocycles. The number of amides is 2. The van der Waals surface area contributed by atoms with Crippen LogP contribution in [0.5, 0.6) is 0 Å². The predicted molar refractivity (Wildman–Crippen MR) is 51.7 cm³/mol. The Bertz CT molecular complexity index is 411. The first-order valence-electron chi connectivity index (χ1n) is 4.30. The zero-order chi connectivity index (χ0) is 11.0. The van der Waals surface area contributed by atoms with Gasteiger partial charge >= 0.3 is 6.03 Å². The molecule has 0 spiro atoms. The van der Waals surface area contributed by atoms with Gasteiger partial charge < -0.3 is 10.0 Å². The van der Waals surface area contributed by atoms with E-state index in [0.717, 1.165) is 4.90 Å². The molecule has 2 rings (SSSR count). The lowest BCUT2D eigenvalue weighted by atomic mass is 10.2. The number of aldehydes is 1.